The van der Waals surface area contributed by atoms with Gasteiger partial charge in [0.1, 0.15) is 0 Å². The third kappa shape index (κ3) is 6.15. The predicted molar refractivity (Wildman–Crippen MR) is 73.3 cm³/mol. The topological polar surface area (TPSA) is 64.9 Å². The molecule has 0 fully saturated rings. The molecule has 1 unspecified atom stereocenters. The van der Waals surface area contributed by atoms with E-state index in [0.29, 0.717) is 0 Å². The van der Waals surface area contributed by atoms with Crippen LogP contribution in [0.1, 0.15) is 70.5 Å². The van der Waals surface area contributed by atoms with Crippen molar-refractivity contribution in [1.29, 1.82) is 0 Å². The second kappa shape index (κ2) is 9.09. The highest BCUT2D eigenvalue weighted by Gasteiger charge is 2.09. The SMILES string of the molecule is CCCCCCCCc1nc(CC(N)CC)no1. The van der Waals surface area contributed by atoms with Crippen molar-refractivity contribution in [3.05, 3.63) is 11.7 Å². The zero-order chi connectivity index (χ0) is 13.2. The fourth-order valence-corrected chi connectivity index (χ4v) is 1.91. The van der Waals surface area contributed by atoms with Crippen molar-refractivity contribution in [2.24, 2.45) is 5.73 Å². The van der Waals surface area contributed by atoms with Gasteiger partial charge in [-0.1, -0.05) is 51.1 Å². The lowest BCUT2D eigenvalue weighted by Crippen LogP contribution is -2.22. The lowest BCUT2D eigenvalue weighted by Gasteiger charge is -2.02. The summed E-state index contributed by atoms with van der Waals surface area (Å²) in [7, 11) is 0. The third-order valence-corrected chi connectivity index (χ3v) is 3.22. The number of aromatic nitrogens is 2. The highest BCUT2D eigenvalue weighted by molar-refractivity contribution is 4.89. The molecular formula is C14H27N3O. The van der Waals surface area contributed by atoms with E-state index in [0.717, 1.165) is 37.4 Å². The number of nitrogens with zero attached hydrogens (tertiary/aromatic N) is 2. The Balaban J connectivity index is 2.15. The van der Waals surface area contributed by atoms with Gasteiger partial charge in [0.2, 0.25) is 5.89 Å². The van der Waals surface area contributed by atoms with Gasteiger partial charge in [-0.2, -0.15) is 4.98 Å². The Kier molecular flexibility index (Phi) is 7.65. The van der Waals surface area contributed by atoms with Crippen LogP contribution in [0.15, 0.2) is 4.52 Å². The molecule has 1 aromatic rings. The number of rotatable bonds is 10. The largest absolute Gasteiger partial charge is 0.339 e. The van der Waals surface area contributed by atoms with E-state index in [4.69, 9.17) is 10.3 Å². The molecule has 1 atom stereocenters. The zero-order valence-corrected chi connectivity index (χ0v) is 11.8. The molecule has 0 aromatic carbocycles. The molecule has 1 heterocycles. The zero-order valence-electron chi connectivity index (χ0n) is 11.8. The van der Waals surface area contributed by atoms with Gasteiger partial charge < -0.3 is 10.3 Å². The van der Waals surface area contributed by atoms with Crippen molar-refractivity contribution in [2.45, 2.75) is 77.7 Å². The molecule has 0 bridgehead atoms. The first-order valence-electron chi connectivity index (χ1n) is 7.33. The van der Waals surface area contributed by atoms with Crippen molar-refractivity contribution < 1.29 is 4.52 Å². The number of unbranched alkanes of at least 4 members (excludes halogenated alkanes) is 5. The second-order valence-corrected chi connectivity index (χ2v) is 4.99. The molecule has 4 heteroatoms. The van der Waals surface area contributed by atoms with E-state index in [1.54, 1.807) is 0 Å². The molecule has 104 valence electrons. The average Bonchev–Trinajstić information content (AvgIpc) is 2.81. The molecule has 0 aliphatic carbocycles. The average molecular weight is 253 g/mol. The number of nitrogens with two attached hydrogens (primary N) is 1. The van der Waals surface area contributed by atoms with Crippen molar-refractivity contribution in [3.8, 4) is 0 Å². The minimum atomic E-state index is 0.143. The maximum absolute atomic E-state index is 5.86. The molecule has 1 aromatic heterocycles. The third-order valence-electron chi connectivity index (χ3n) is 3.22. The van der Waals surface area contributed by atoms with Crippen LogP contribution in [-0.4, -0.2) is 16.2 Å². The van der Waals surface area contributed by atoms with Crippen molar-refractivity contribution in [1.82, 2.24) is 10.1 Å². The number of hydrogen-bond acceptors (Lipinski definition) is 4. The molecular weight excluding hydrogens is 226 g/mol. The van der Waals surface area contributed by atoms with Gasteiger partial charge in [0.05, 0.1) is 0 Å². The van der Waals surface area contributed by atoms with Gasteiger partial charge in [0.25, 0.3) is 0 Å². The minimum absolute atomic E-state index is 0.143. The van der Waals surface area contributed by atoms with Crippen LogP contribution >= 0.6 is 0 Å². The van der Waals surface area contributed by atoms with Crippen LogP contribution in [-0.2, 0) is 12.8 Å². The Bertz CT molecular complexity index is 312. The Hall–Kier alpha value is -0.900. The summed E-state index contributed by atoms with van der Waals surface area (Å²) in [5, 5.41) is 3.97. The Morgan fingerprint density at radius 2 is 1.83 bits per heavy atom. The number of hydrogen-bond donors (Lipinski definition) is 1. The van der Waals surface area contributed by atoms with Gasteiger partial charge in [-0.25, -0.2) is 0 Å². The molecule has 0 saturated carbocycles. The smallest absolute Gasteiger partial charge is 0.226 e. The molecule has 0 saturated heterocycles. The summed E-state index contributed by atoms with van der Waals surface area (Å²) >= 11 is 0. The van der Waals surface area contributed by atoms with Gasteiger partial charge in [0.15, 0.2) is 5.82 Å². The number of aryl methyl sites for hydroxylation is 1. The summed E-state index contributed by atoms with van der Waals surface area (Å²) in [4.78, 5) is 4.37. The molecule has 0 aliphatic rings. The Labute approximate surface area is 110 Å². The predicted octanol–water partition coefficient (Wildman–Crippen LogP) is 3.25. The van der Waals surface area contributed by atoms with E-state index in [2.05, 4.69) is 24.0 Å². The van der Waals surface area contributed by atoms with Crippen LogP contribution in [0.4, 0.5) is 0 Å². The van der Waals surface area contributed by atoms with Crippen LogP contribution < -0.4 is 5.73 Å². The summed E-state index contributed by atoms with van der Waals surface area (Å²) in [5.74, 6) is 1.52. The molecule has 0 spiro atoms. The van der Waals surface area contributed by atoms with Crippen LogP contribution in [0.2, 0.25) is 0 Å². The lowest BCUT2D eigenvalue weighted by atomic mass is 10.1. The second-order valence-electron chi connectivity index (χ2n) is 4.99. The summed E-state index contributed by atoms with van der Waals surface area (Å²) in [5.41, 5.74) is 5.86. The van der Waals surface area contributed by atoms with Gasteiger partial charge >= 0.3 is 0 Å². The Morgan fingerprint density at radius 3 is 2.56 bits per heavy atom. The summed E-state index contributed by atoms with van der Waals surface area (Å²) in [6.07, 6.45) is 10.3. The van der Waals surface area contributed by atoms with Gasteiger partial charge in [-0.05, 0) is 12.8 Å². The minimum Gasteiger partial charge on any atom is -0.339 e. The highest BCUT2D eigenvalue weighted by atomic mass is 16.5. The van der Waals surface area contributed by atoms with E-state index in [1.165, 1.54) is 32.1 Å². The summed E-state index contributed by atoms with van der Waals surface area (Å²) in [6, 6.07) is 0.143. The van der Waals surface area contributed by atoms with Crippen LogP contribution in [0, 0.1) is 0 Å². The first kappa shape index (κ1) is 15.2. The first-order chi connectivity index (χ1) is 8.76. The van der Waals surface area contributed by atoms with Crippen molar-refractivity contribution >= 4 is 0 Å². The van der Waals surface area contributed by atoms with Crippen LogP contribution in [0.5, 0.6) is 0 Å². The Morgan fingerprint density at radius 1 is 1.11 bits per heavy atom. The fraction of sp³-hybridized carbons (Fsp3) is 0.857. The molecule has 0 radical (unpaired) electrons. The normalized spacial score (nSPS) is 12.8. The lowest BCUT2D eigenvalue weighted by molar-refractivity contribution is 0.367. The maximum Gasteiger partial charge on any atom is 0.226 e. The van der Waals surface area contributed by atoms with Gasteiger partial charge in [-0.3, -0.25) is 0 Å². The van der Waals surface area contributed by atoms with E-state index in [9.17, 15) is 0 Å². The van der Waals surface area contributed by atoms with E-state index < -0.39 is 0 Å². The van der Waals surface area contributed by atoms with E-state index >= 15 is 0 Å². The molecule has 0 aliphatic heterocycles. The van der Waals surface area contributed by atoms with E-state index in [1.807, 2.05) is 0 Å². The molecule has 18 heavy (non-hydrogen) atoms. The molecule has 4 nitrogen and oxygen atoms in total. The van der Waals surface area contributed by atoms with Crippen LogP contribution in [0.25, 0.3) is 0 Å². The maximum atomic E-state index is 5.86. The summed E-state index contributed by atoms with van der Waals surface area (Å²) in [6.45, 7) is 4.31. The molecule has 2 N–H and O–H groups in total. The first-order valence-corrected chi connectivity index (χ1v) is 7.33. The van der Waals surface area contributed by atoms with Gasteiger partial charge in [-0.15, -0.1) is 0 Å². The van der Waals surface area contributed by atoms with Gasteiger partial charge in [0, 0.05) is 18.9 Å². The standard InChI is InChI=1S/C14H27N3O/c1-3-5-6-7-8-9-10-14-16-13(17-18-14)11-12(15)4-2/h12H,3-11,15H2,1-2H3. The monoisotopic (exact) mass is 253 g/mol. The molecule has 0 amide bonds. The van der Waals surface area contributed by atoms with Crippen molar-refractivity contribution in [3.63, 3.8) is 0 Å². The van der Waals surface area contributed by atoms with Crippen LogP contribution in [0.3, 0.4) is 0 Å². The van der Waals surface area contributed by atoms with E-state index in [-0.39, 0.29) is 6.04 Å². The fourth-order valence-electron chi connectivity index (χ4n) is 1.91. The molecule has 1 rings (SSSR count). The highest BCUT2D eigenvalue weighted by Crippen LogP contribution is 2.09. The van der Waals surface area contributed by atoms with Crippen molar-refractivity contribution in [2.75, 3.05) is 0 Å². The summed E-state index contributed by atoms with van der Waals surface area (Å²) < 4.78 is 5.22. The quantitative estimate of drug-likeness (QED) is 0.650.